The number of carbonyl (C=O) groups excluding carboxylic acids is 8. The molecule has 16 N–H and O–H groups in total. The van der Waals surface area contributed by atoms with E-state index >= 15 is 0 Å². The number of benzene rings is 3. The predicted molar refractivity (Wildman–Crippen MR) is 310 cm³/mol. The summed E-state index contributed by atoms with van der Waals surface area (Å²) in [6.45, 7) is -1.25. The number of nitrogens with zero attached hydrogens (tertiary/aromatic N) is 7. The number of nitrogens with one attached hydrogen (secondary N) is 3. The van der Waals surface area contributed by atoms with Crippen LogP contribution in [0.3, 0.4) is 0 Å². The summed E-state index contributed by atoms with van der Waals surface area (Å²) in [6.07, 6.45) is 0.0608. The van der Waals surface area contributed by atoms with Crippen molar-refractivity contribution in [3.8, 4) is 0 Å². The summed E-state index contributed by atoms with van der Waals surface area (Å²) in [6, 6.07) is 15.7. The van der Waals surface area contributed by atoms with Gasteiger partial charge in [-0.1, -0.05) is 91.0 Å². The molecule has 0 saturated carbocycles. The second-order valence-corrected chi connectivity index (χ2v) is 21.0. The van der Waals surface area contributed by atoms with Gasteiger partial charge < -0.3 is 84.4 Å². The van der Waals surface area contributed by atoms with Gasteiger partial charge in [0.1, 0.15) is 42.3 Å². The molecule has 9 atom stereocenters. The molecule has 27 heteroatoms. The summed E-state index contributed by atoms with van der Waals surface area (Å²) in [5.74, 6) is -7.54. The highest BCUT2D eigenvalue weighted by atomic mass is 16.4. The molecule has 2 aliphatic rings. The first-order valence-electron chi connectivity index (χ1n) is 27.8. The number of nitrogens with two attached hydrogens (primary N) is 5. The van der Waals surface area contributed by atoms with E-state index in [1.54, 1.807) is 91.0 Å². The van der Waals surface area contributed by atoms with Crippen molar-refractivity contribution in [2.24, 2.45) is 38.7 Å². The van der Waals surface area contributed by atoms with E-state index in [2.05, 4.69) is 25.9 Å². The number of aliphatic carboxylic acids is 1. The molecule has 1 unspecified atom stereocenters. The Hall–Kier alpha value is -8.69. The molecule has 2 heterocycles. The summed E-state index contributed by atoms with van der Waals surface area (Å²) in [5.41, 5.74) is 29.7. The van der Waals surface area contributed by atoms with Crippen molar-refractivity contribution in [2.45, 2.75) is 119 Å². The second kappa shape index (κ2) is 32.2. The Kier molecular flexibility index (Phi) is 25.4. The third-order valence-electron chi connectivity index (χ3n) is 14.9. The number of hydrogen-bond acceptors (Lipinski definition) is 14. The minimum Gasteiger partial charge on any atom is -0.480 e. The number of likely N-dealkylation sites (N-methyl/N-ethyl adjacent to an activating group) is 3. The quantitative estimate of drug-likeness (QED) is 0.0177. The van der Waals surface area contributed by atoms with E-state index in [1.165, 1.54) is 30.9 Å². The van der Waals surface area contributed by atoms with Gasteiger partial charge in [0.15, 0.2) is 11.9 Å². The Morgan fingerprint density at radius 2 is 1.12 bits per heavy atom. The number of rotatable bonds is 30. The lowest BCUT2D eigenvalue weighted by molar-refractivity contribution is -0.150. The monoisotopic (exact) mass is 1170 g/mol. The molecule has 27 nitrogen and oxygen atoms in total. The highest BCUT2D eigenvalue weighted by Crippen LogP contribution is 2.27. The molecule has 0 spiro atoms. The van der Waals surface area contributed by atoms with Gasteiger partial charge in [0.25, 0.3) is 0 Å². The number of aliphatic imine (C=N–C) groups is 2. The average Bonchev–Trinajstić information content (AvgIpc) is 3.06. The van der Waals surface area contributed by atoms with Gasteiger partial charge in [-0.05, 0) is 55.2 Å². The summed E-state index contributed by atoms with van der Waals surface area (Å²) >= 11 is 0. The molecule has 84 heavy (non-hydrogen) atoms. The van der Waals surface area contributed by atoms with Crippen LogP contribution in [0.1, 0.15) is 61.6 Å². The van der Waals surface area contributed by atoms with Crippen molar-refractivity contribution in [3.05, 3.63) is 108 Å². The SMILES string of the molecule is CN(C(=O)[C@H](CO)NC(=O)[C@H](Cc1ccccc1)N(C)C(=O)CNC(=O)[C@@H]1CC(O)CN1C(=O)[C@@H]1CCCN1C(=O)[C@H](N)CCCN=C(N)N)[C@H](Cc1ccccc1)C(=O)N(C)[C@@H](Cc1ccccc1)C(=O)N[C@@H](CCCN=C(N)N)C(=O)O. The average molecular weight is 1170 g/mol. The first-order valence-corrected chi connectivity index (χ1v) is 27.8. The van der Waals surface area contributed by atoms with Crippen LogP contribution in [0.2, 0.25) is 0 Å². The summed E-state index contributed by atoms with van der Waals surface area (Å²) in [4.78, 5) is 140. The fourth-order valence-corrected chi connectivity index (χ4v) is 10.2. The third kappa shape index (κ3) is 18.9. The smallest absolute Gasteiger partial charge is 0.326 e. The number of carbonyl (C=O) groups is 9. The number of guanidine groups is 2. The lowest BCUT2D eigenvalue weighted by Crippen LogP contribution is -2.61. The van der Waals surface area contributed by atoms with Gasteiger partial charge in [-0.3, -0.25) is 48.3 Å². The van der Waals surface area contributed by atoms with E-state index in [4.69, 9.17) is 28.7 Å². The maximum atomic E-state index is 15.0. The fourth-order valence-electron chi connectivity index (χ4n) is 10.2. The topological polar surface area (TPSA) is 421 Å². The minimum atomic E-state index is -1.70. The molecule has 456 valence electrons. The molecule has 2 aliphatic heterocycles. The van der Waals surface area contributed by atoms with Gasteiger partial charge in [-0.25, -0.2) is 4.79 Å². The number of likely N-dealkylation sites (tertiary alicyclic amines) is 2. The number of hydrogen-bond donors (Lipinski definition) is 11. The molecule has 3 aromatic rings. The molecule has 3 aromatic carbocycles. The molecule has 5 rings (SSSR count). The zero-order chi connectivity index (χ0) is 61.6. The van der Waals surface area contributed by atoms with Crippen molar-refractivity contribution in [2.75, 3.05) is 60.5 Å². The van der Waals surface area contributed by atoms with Crippen LogP contribution in [0.5, 0.6) is 0 Å². The predicted octanol–water partition coefficient (Wildman–Crippen LogP) is -3.25. The molecule has 0 radical (unpaired) electrons. The van der Waals surface area contributed by atoms with Crippen LogP contribution in [0.4, 0.5) is 0 Å². The number of carboxylic acid groups (broad SMARTS) is 1. The van der Waals surface area contributed by atoms with Gasteiger partial charge in [0.2, 0.25) is 47.3 Å². The summed E-state index contributed by atoms with van der Waals surface area (Å²) in [5, 5.41) is 39.3. The van der Waals surface area contributed by atoms with Gasteiger partial charge in [-0.2, -0.15) is 0 Å². The maximum Gasteiger partial charge on any atom is 0.326 e. The van der Waals surface area contributed by atoms with E-state index in [9.17, 15) is 58.5 Å². The lowest BCUT2D eigenvalue weighted by atomic mass is 9.99. The number of amides is 8. The van der Waals surface area contributed by atoms with Crippen LogP contribution in [0.25, 0.3) is 0 Å². The van der Waals surface area contributed by atoms with Crippen LogP contribution < -0.4 is 44.6 Å². The van der Waals surface area contributed by atoms with E-state index in [1.807, 2.05) is 0 Å². The molecule has 2 saturated heterocycles. The molecule has 0 aliphatic carbocycles. The Morgan fingerprint density at radius 3 is 1.62 bits per heavy atom. The Labute approximate surface area is 488 Å². The Balaban J connectivity index is 1.33. The second-order valence-electron chi connectivity index (χ2n) is 21.0. The largest absolute Gasteiger partial charge is 0.480 e. The van der Waals surface area contributed by atoms with E-state index in [-0.39, 0.29) is 83.0 Å². The zero-order valence-electron chi connectivity index (χ0n) is 47.7. The van der Waals surface area contributed by atoms with Crippen molar-refractivity contribution in [1.29, 1.82) is 0 Å². The molecular formula is C57H81N15O12. The van der Waals surface area contributed by atoms with E-state index in [0.29, 0.717) is 36.0 Å². The highest BCUT2D eigenvalue weighted by Gasteiger charge is 2.46. The maximum absolute atomic E-state index is 15.0. The van der Waals surface area contributed by atoms with Crippen molar-refractivity contribution in [3.63, 3.8) is 0 Å². The number of aliphatic hydroxyl groups excluding tert-OH is 2. The molecule has 0 aromatic heterocycles. The van der Waals surface area contributed by atoms with E-state index in [0.717, 1.165) is 14.7 Å². The van der Waals surface area contributed by atoms with Gasteiger partial charge in [0, 0.05) is 73.0 Å². The van der Waals surface area contributed by atoms with Crippen molar-refractivity contribution < 1.29 is 58.5 Å². The van der Waals surface area contributed by atoms with E-state index < -0.39 is 121 Å². The van der Waals surface area contributed by atoms with Gasteiger partial charge in [-0.15, -0.1) is 0 Å². The standard InChI is InChI=1S/C57H81N15O12/c1-68(47(75)32-65-48(76)45-31-38(74)33-72(45)54(82)42-24-15-27-71(42)51(79)39(58)22-13-25-63-56(59)60)43(28-35-16-7-4-8-17-35)49(77)67-41(34-73)52(80)70(3)46(30-37-20-11-6-12-21-37)53(81)69(2)44(29-36-18-9-5-10-19-36)50(78)66-40(55(83)84)23-14-26-64-57(61)62/h4-12,16-21,38-46,73-74H,13-15,22-34,58H2,1-3H3,(H,65,76)(H,66,78)(H,67,77)(H,83,84)(H4,59,60,63)(H4,61,62,64)/t38?,39-,40+,41+,42+,43+,44+,45+,46-/m1/s1. The van der Waals surface area contributed by atoms with Crippen LogP contribution >= 0.6 is 0 Å². The molecule has 2 fully saturated rings. The normalized spacial score (nSPS) is 17.7. The van der Waals surface area contributed by atoms with Crippen molar-refractivity contribution in [1.82, 2.24) is 40.4 Å². The number of aliphatic hydroxyl groups is 2. The molecule has 8 amide bonds. The van der Waals surface area contributed by atoms with Crippen LogP contribution in [-0.2, 0) is 62.4 Å². The Morgan fingerprint density at radius 1 is 0.643 bits per heavy atom. The number of β-amino-alcohol motifs (C(OH)–C–C–N with tert-alkyl or cyclic N) is 1. The first-order chi connectivity index (χ1) is 40.0. The van der Waals surface area contributed by atoms with Crippen molar-refractivity contribution >= 4 is 65.1 Å². The highest BCUT2D eigenvalue weighted by molar-refractivity contribution is 5.98. The summed E-state index contributed by atoms with van der Waals surface area (Å²) in [7, 11) is 3.97. The van der Waals surface area contributed by atoms with Gasteiger partial charge >= 0.3 is 5.97 Å². The lowest BCUT2D eigenvalue weighted by Gasteiger charge is -2.36. The summed E-state index contributed by atoms with van der Waals surface area (Å²) < 4.78 is 0. The van der Waals surface area contributed by atoms with Gasteiger partial charge in [0.05, 0.1) is 25.3 Å². The van der Waals surface area contributed by atoms with Crippen LogP contribution in [0.15, 0.2) is 101 Å². The fraction of sp³-hybridized carbons (Fsp3) is 0.491. The Bertz CT molecular complexity index is 2790. The third-order valence-corrected chi connectivity index (χ3v) is 14.9. The van der Waals surface area contributed by atoms with Crippen LogP contribution in [-0.4, -0.2) is 220 Å². The molecule has 0 bridgehead atoms. The number of carboxylic acids is 1. The first kappa shape index (κ1) is 66.1. The zero-order valence-corrected chi connectivity index (χ0v) is 47.7. The van der Waals surface area contributed by atoms with Crippen LogP contribution in [0, 0.1) is 0 Å². The minimum absolute atomic E-state index is 0.0500. The molecular weight excluding hydrogens is 1090 g/mol.